The van der Waals surface area contributed by atoms with Gasteiger partial charge in [-0.3, -0.25) is 4.79 Å². The summed E-state index contributed by atoms with van der Waals surface area (Å²) in [6.45, 7) is 8.08. The molecule has 2 aromatic carbocycles. The molecule has 1 N–H and O–H groups in total. The molecule has 0 bridgehead atoms. The maximum atomic E-state index is 12.2. The molecule has 1 amide bonds. The summed E-state index contributed by atoms with van der Waals surface area (Å²) < 4.78 is 10.8. The zero-order chi connectivity index (χ0) is 18.2. The Morgan fingerprint density at radius 2 is 1.76 bits per heavy atom. The molecule has 0 saturated heterocycles. The Hall–Kier alpha value is -2.69. The van der Waals surface area contributed by atoms with Crippen molar-refractivity contribution in [2.45, 2.75) is 20.8 Å². The Balaban J connectivity index is 1.98. The number of para-hydroxylation sites is 2. The second-order valence-electron chi connectivity index (χ2n) is 5.66. The molecule has 0 unspecified atom stereocenters. The molecule has 0 heterocycles. The largest absolute Gasteiger partial charge is 0.493 e. The quantitative estimate of drug-likeness (QED) is 0.791. The third-order valence-electron chi connectivity index (χ3n) is 4.04. The maximum absolute atomic E-state index is 12.2. The van der Waals surface area contributed by atoms with Crippen molar-refractivity contribution < 1.29 is 14.3 Å². The van der Waals surface area contributed by atoms with Crippen LogP contribution in [0.15, 0.2) is 42.5 Å². The Bertz CT molecular complexity index is 712. The summed E-state index contributed by atoms with van der Waals surface area (Å²) in [5.74, 6) is 0.952. The Kier molecular flexibility index (Phi) is 6.69. The van der Waals surface area contributed by atoms with Gasteiger partial charge in [0.2, 0.25) is 0 Å². The molecule has 0 aliphatic rings. The van der Waals surface area contributed by atoms with E-state index in [1.165, 1.54) is 0 Å². The maximum Gasteiger partial charge on any atom is 0.262 e. The average Bonchev–Trinajstić information content (AvgIpc) is 2.63. The predicted molar refractivity (Wildman–Crippen MR) is 102 cm³/mol. The molecular weight excluding hydrogens is 316 g/mol. The van der Waals surface area contributed by atoms with E-state index in [0.29, 0.717) is 11.5 Å². The van der Waals surface area contributed by atoms with Gasteiger partial charge < -0.3 is 19.7 Å². The third kappa shape index (κ3) is 4.89. The van der Waals surface area contributed by atoms with E-state index < -0.39 is 0 Å². The Morgan fingerprint density at radius 3 is 2.36 bits per heavy atom. The van der Waals surface area contributed by atoms with Crippen molar-refractivity contribution in [3.63, 3.8) is 0 Å². The van der Waals surface area contributed by atoms with Gasteiger partial charge in [0.05, 0.1) is 7.11 Å². The molecule has 0 fully saturated rings. The van der Waals surface area contributed by atoms with Crippen molar-refractivity contribution in [2.24, 2.45) is 0 Å². The van der Waals surface area contributed by atoms with Crippen molar-refractivity contribution in [3.05, 3.63) is 48.0 Å². The fourth-order valence-corrected chi connectivity index (χ4v) is 2.64. The zero-order valence-electron chi connectivity index (χ0n) is 15.3. The predicted octanol–water partition coefficient (Wildman–Crippen LogP) is 3.87. The van der Waals surface area contributed by atoms with Crippen LogP contribution in [0, 0.1) is 6.92 Å². The van der Waals surface area contributed by atoms with Crippen molar-refractivity contribution >= 4 is 17.3 Å². The van der Waals surface area contributed by atoms with E-state index in [2.05, 4.69) is 30.1 Å². The minimum absolute atomic E-state index is 0.0718. The SMILES string of the molecule is CCN(CC)c1ccc(NC(=O)COc2ccccc2OC)c(C)c1. The monoisotopic (exact) mass is 342 g/mol. The summed E-state index contributed by atoms with van der Waals surface area (Å²) >= 11 is 0. The summed E-state index contributed by atoms with van der Waals surface area (Å²) in [6, 6.07) is 13.3. The number of hydrogen-bond donors (Lipinski definition) is 1. The van der Waals surface area contributed by atoms with Crippen LogP contribution < -0.4 is 19.7 Å². The number of nitrogens with zero attached hydrogens (tertiary/aromatic N) is 1. The summed E-state index contributed by atoms with van der Waals surface area (Å²) in [5, 5.41) is 2.90. The highest BCUT2D eigenvalue weighted by atomic mass is 16.5. The van der Waals surface area contributed by atoms with Gasteiger partial charge in [0.1, 0.15) is 0 Å². The van der Waals surface area contributed by atoms with Crippen LogP contribution in [0.5, 0.6) is 11.5 Å². The topological polar surface area (TPSA) is 50.8 Å². The van der Waals surface area contributed by atoms with Gasteiger partial charge in [0, 0.05) is 24.5 Å². The third-order valence-corrected chi connectivity index (χ3v) is 4.04. The number of anilines is 2. The fraction of sp³-hybridized carbons (Fsp3) is 0.350. The molecule has 0 radical (unpaired) electrons. The lowest BCUT2D eigenvalue weighted by Gasteiger charge is -2.22. The van der Waals surface area contributed by atoms with Gasteiger partial charge >= 0.3 is 0 Å². The van der Waals surface area contributed by atoms with Crippen molar-refractivity contribution in [3.8, 4) is 11.5 Å². The molecule has 5 heteroatoms. The number of carbonyl (C=O) groups is 1. The fourth-order valence-electron chi connectivity index (χ4n) is 2.64. The van der Waals surface area contributed by atoms with Crippen LogP contribution in [0.3, 0.4) is 0 Å². The number of carbonyl (C=O) groups excluding carboxylic acids is 1. The number of methoxy groups -OCH3 is 1. The molecule has 25 heavy (non-hydrogen) atoms. The second kappa shape index (κ2) is 8.97. The first-order chi connectivity index (χ1) is 12.1. The van der Waals surface area contributed by atoms with E-state index in [-0.39, 0.29) is 12.5 Å². The summed E-state index contributed by atoms with van der Waals surface area (Å²) in [4.78, 5) is 14.4. The number of ether oxygens (including phenoxy) is 2. The van der Waals surface area contributed by atoms with Crippen LogP contribution in [-0.2, 0) is 4.79 Å². The minimum atomic E-state index is -0.204. The smallest absolute Gasteiger partial charge is 0.262 e. The molecule has 134 valence electrons. The molecule has 0 spiro atoms. The van der Waals surface area contributed by atoms with Gasteiger partial charge in [-0.2, -0.15) is 0 Å². The van der Waals surface area contributed by atoms with Gasteiger partial charge in [0.15, 0.2) is 18.1 Å². The number of rotatable bonds is 8. The number of hydrogen-bond acceptors (Lipinski definition) is 4. The van der Waals surface area contributed by atoms with E-state index in [9.17, 15) is 4.79 Å². The van der Waals surface area contributed by atoms with Crippen LogP contribution in [0.1, 0.15) is 19.4 Å². The van der Waals surface area contributed by atoms with Crippen LogP contribution in [0.2, 0.25) is 0 Å². The van der Waals surface area contributed by atoms with Crippen LogP contribution >= 0.6 is 0 Å². The van der Waals surface area contributed by atoms with Crippen molar-refractivity contribution in [1.29, 1.82) is 0 Å². The first kappa shape index (κ1) is 18.6. The summed E-state index contributed by atoms with van der Waals surface area (Å²) in [7, 11) is 1.57. The molecule has 0 aliphatic carbocycles. The number of benzene rings is 2. The van der Waals surface area contributed by atoms with E-state index in [0.717, 1.165) is 30.0 Å². The highest BCUT2D eigenvalue weighted by molar-refractivity contribution is 5.92. The summed E-state index contributed by atoms with van der Waals surface area (Å²) in [5.41, 5.74) is 2.98. The van der Waals surface area contributed by atoms with Gasteiger partial charge in [-0.25, -0.2) is 0 Å². The molecule has 2 aromatic rings. The van der Waals surface area contributed by atoms with Gasteiger partial charge in [-0.05, 0) is 56.7 Å². The van der Waals surface area contributed by atoms with Crippen molar-refractivity contribution in [2.75, 3.05) is 37.0 Å². The van der Waals surface area contributed by atoms with Crippen LogP contribution in [0.4, 0.5) is 11.4 Å². The molecule has 5 nitrogen and oxygen atoms in total. The first-order valence-electron chi connectivity index (χ1n) is 8.50. The van der Waals surface area contributed by atoms with E-state index in [4.69, 9.17) is 9.47 Å². The lowest BCUT2D eigenvalue weighted by molar-refractivity contribution is -0.118. The molecular formula is C20H26N2O3. The second-order valence-corrected chi connectivity index (χ2v) is 5.66. The lowest BCUT2D eigenvalue weighted by Crippen LogP contribution is -2.23. The molecule has 0 aromatic heterocycles. The van der Waals surface area contributed by atoms with Gasteiger partial charge in [-0.15, -0.1) is 0 Å². The van der Waals surface area contributed by atoms with E-state index in [1.807, 2.05) is 31.2 Å². The zero-order valence-corrected chi connectivity index (χ0v) is 15.3. The van der Waals surface area contributed by atoms with Crippen LogP contribution in [-0.4, -0.2) is 32.7 Å². The standard InChI is InChI=1S/C20H26N2O3/c1-5-22(6-2)16-11-12-17(15(3)13-16)21-20(23)14-25-19-10-8-7-9-18(19)24-4/h7-13H,5-6,14H2,1-4H3,(H,21,23). The van der Waals surface area contributed by atoms with Gasteiger partial charge in [-0.1, -0.05) is 12.1 Å². The van der Waals surface area contributed by atoms with Crippen LogP contribution in [0.25, 0.3) is 0 Å². The molecule has 2 rings (SSSR count). The molecule has 0 atom stereocenters. The summed E-state index contributed by atoms with van der Waals surface area (Å²) in [6.07, 6.45) is 0. The lowest BCUT2D eigenvalue weighted by atomic mass is 10.1. The number of aryl methyl sites for hydroxylation is 1. The number of amides is 1. The Morgan fingerprint density at radius 1 is 1.08 bits per heavy atom. The van der Waals surface area contributed by atoms with E-state index >= 15 is 0 Å². The molecule has 0 saturated carbocycles. The van der Waals surface area contributed by atoms with Gasteiger partial charge in [0.25, 0.3) is 5.91 Å². The molecule has 0 aliphatic heterocycles. The minimum Gasteiger partial charge on any atom is -0.493 e. The van der Waals surface area contributed by atoms with Crippen molar-refractivity contribution in [1.82, 2.24) is 0 Å². The Labute approximate surface area is 149 Å². The highest BCUT2D eigenvalue weighted by Gasteiger charge is 2.10. The van der Waals surface area contributed by atoms with E-state index in [1.54, 1.807) is 19.2 Å². The first-order valence-corrected chi connectivity index (χ1v) is 8.50. The normalized spacial score (nSPS) is 10.2. The number of nitrogens with one attached hydrogen (secondary N) is 1. The average molecular weight is 342 g/mol. The highest BCUT2D eigenvalue weighted by Crippen LogP contribution is 2.26.